The molecule has 0 saturated heterocycles. The summed E-state index contributed by atoms with van der Waals surface area (Å²) in [6, 6.07) is 150. The molecule has 0 bridgehead atoms. The van der Waals surface area contributed by atoms with Gasteiger partial charge in [-0.1, -0.05) is 36.4 Å². The summed E-state index contributed by atoms with van der Waals surface area (Å²) in [6.07, 6.45) is 0. The molecule has 0 saturated carbocycles. The van der Waals surface area contributed by atoms with Crippen LogP contribution in [-0.4, -0.2) is 71.4 Å². The number of benzene rings is 18. The molecule has 0 N–H and O–H groups in total. The van der Waals surface area contributed by atoms with Gasteiger partial charge in [-0.15, -0.1) is 0 Å². The van der Waals surface area contributed by atoms with Gasteiger partial charge >= 0.3 is 688 Å². The number of fused-ring (bicyclic) bond motifs is 20. The molecule has 8 heterocycles. The monoisotopic (exact) mass is 1790 g/mol. The summed E-state index contributed by atoms with van der Waals surface area (Å²) >= 11 is 0.454. The second-order valence-electron chi connectivity index (χ2n) is 31.6. The van der Waals surface area contributed by atoms with Gasteiger partial charge in [0.2, 0.25) is 0 Å². The fourth-order valence-electron chi connectivity index (χ4n) is 20.4. The van der Waals surface area contributed by atoms with Crippen molar-refractivity contribution in [3.63, 3.8) is 0 Å². The zero-order chi connectivity index (χ0) is 78.4. The second kappa shape index (κ2) is 27.3. The van der Waals surface area contributed by atoms with Gasteiger partial charge in [0.05, 0.1) is 0 Å². The zero-order valence-corrected chi connectivity index (χ0v) is 71.3. The molecule has 0 unspecified atom stereocenters. The van der Waals surface area contributed by atoms with E-state index in [1.807, 2.05) is 0 Å². The van der Waals surface area contributed by atoms with E-state index >= 15 is 0 Å². The van der Waals surface area contributed by atoms with Crippen LogP contribution in [0.5, 0.6) is 11.5 Å². The number of hydrogen-bond acceptors (Lipinski definition) is 6. The molecule has 6 nitrogen and oxygen atoms in total. The predicted molar refractivity (Wildman–Crippen MR) is 514 cm³/mol. The Hall–Kier alpha value is -13.0. The molecule has 0 fully saturated rings. The number of rotatable bonds is 11. The molecule has 0 amide bonds. The molecular weight excluding hydrogens is 1720 g/mol. The summed E-state index contributed by atoms with van der Waals surface area (Å²) in [5, 5.41) is 10.4. The van der Waals surface area contributed by atoms with E-state index in [0.29, 0.717) is 0 Å². The van der Waals surface area contributed by atoms with E-state index in [1.54, 1.807) is 0 Å². The van der Waals surface area contributed by atoms with Crippen molar-refractivity contribution in [3.05, 3.63) is 394 Å². The van der Waals surface area contributed by atoms with Crippen LogP contribution in [0.25, 0.3) is 99.4 Å². The quantitative estimate of drug-likeness (QED) is 0.120. The van der Waals surface area contributed by atoms with Crippen LogP contribution >= 0.6 is 0 Å². The van der Waals surface area contributed by atoms with E-state index in [4.69, 9.17) is 4.74 Å². The molecule has 558 valence electrons. The van der Waals surface area contributed by atoms with Crippen molar-refractivity contribution in [1.29, 1.82) is 0 Å². The molecule has 26 rings (SSSR count). The average Bonchev–Trinajstić information content (AvgIpc) is 0.771. The summed E-state index contributed by atoms with van der Waals surface area (Å²) in [5.74, 6) is 1.64. The smallest absolute Gasteiger partial charge is 0.0616 e. The van der Waals surface area contributed by atoms with Crippen LogP contribution in [0.15, 0.2) is 394 Å². The van der Waals surface area contributed by atoms with Gasteiger partial charge < -0.3 is 0 Å². The van der Waals surface area contributed by atoms with E-state index in [2.05, 4.69) is 419 Å². The van der Waals surface area contributed by atoms with Gasteiger partial charge in [0.1, 0.15) is 0 Å². The molecule has 18 aromatic carbocycles. The van der Waals surface area contributed by atoms with Gasteiger partial charge in [0.15, 0.2) is 0 Å². The van der Waals surface area contributed by atoms with Gasteiger partial charge in [0.25, 0.3) is 0 Å². The second-order valence-corrected chi connectivity index (χ2v) is 40.7. The molecule has 12 heteroatoms. The maximum atomic E-state index is 8.34. The number of anilines is 15. The molecular formula is C108H65B2N5OSe4. The normalized spacial score (nSPS) is 13.0. The zero-order valence-electron chi connectivity index (χ0n) is 64.5. The van der Waals surface area contributed by atoms with Crippen molar-refractivity contribution >= 4 is 267 Å². The Bertz CT molecular complexity index is 7990. The Balaban J connectivity index is 0.800. The predicted octanol–water partition coefficient (Wildman–Crippen LogP) is 23.9. The number of ether oxygens (including phenoxy) is 1. The molecule has 0 radical (unpaired) electrons. The first-order chi connectivity index (χ1) is 59.6. The van der Waals surface area contributed by atoms with E-state index in [0.717, 1.165) is 119 Å². The molecule has 0 aliphatic carbocycles. The van der Waals surface area contributed by atoms with Crippen LogP contribution in [0.1, 0.15) is 0 Å². The van der Waals surface area contributed by atoms with Crippen LogP contribution in [-0.2, 0) is 0 Å². The molecule has 4 aliphatic rings. The van der Waals surface area contributed by atoms with Crippen molar-refractivity contribution in [3.8, 4) is 33.8 Å². The SMILES string of the molecule is c1ccc(-c2cccc(-c3ccccc3)c2N2c3cc4c(cc3B3c5ccccc5N(c5cccc6[se]c7ccccc7c56)c5cc(N(c6ccccc6)c6cccc7[se]c8ccccc8c67)cc2c53)B2c3ccccc3N(c3cccc5[se]c6ccccc6c35)c3cc(N(c5ccccc5)c5cccc6[se]c7ccccc7c56)cc(c32)O4)cc1. The van der Waals surface area contributed by atoms with Gasteiger partial charge in [0, 0.05) is 0 Å². The fourth-order valence-corrected chi connectivity index (χ4v) is 29.8. The summed E-state index contributed by atoms with van der Waals surface area (Å²) in [7, 11) is 0. The number of nitrogens with zero attached hydrogens (tertiary/aromatic N) is 5. The Labute approximate surface area is 717 Å². The van der Waals surface area contributed by atoms with Gasteiger partial charge in [-0.3, -0.25) is 0 Å². The summed E-state index contributed by atoms with van der Waals surface area (Å²) in [4.78, 5) is 13.1. The topological polar surface area (TPSA) is 25.4 Å². The molecule has 4 aliphatic heterocycles. The minimum Gasteiger partial charge on any atom is -0.0616 e. The van der Waals surface area contributed by atoms with Crippen LogP contribution in [0.2, 0.25) is 0 Å². The van der Waals surface area contributed by atoms with Crippen LogP contribution in [0.3, 0.4) is 0 Å². The Morgan fingerprint density at radius 1 is 0.225 bits per heavy atom. The summed E-state index contributed by atoms with van der Waals surface area (Å²) < 4.78 is 19.5. The molecule has 0 spiro atoms. The first kappa shape index (κ1) is 69.0. The van der Waals surface area contributed by atoms with Crippen LogP contribution in [0.4, 0.5) is 85.3 Å². The average molecular weight is 1790 g/mol. The van der Waals surface area contributed by atoms with Gasteiger partial charge in [-0.2, -0.15) is 0 Å². The third-order valence-corrected chi connectivity index (χ3v) is 34.7. The van der Waals surface area contributed by atoms with Crippen molar-refractivity contribution in [2.75, 3.05) is 24.5 Å². The Morgan fingerprint density at radius 2 is 0.583 bits per heavy atom. The number of para-hydroxylation sites is 5. The summed E-state index contributed by atoms with van der Waals surface area (Å²) in [6.45, 7) is -0.576. The fraction of sp³-hybridized carbons (Fsp3) is 0. The molecule has 22 aromatic rings. The van der Waals surface area contributed by atoms with Crippen molar-refractivity contribution < 1.29 is 4.74 Å². The van der Waals surface area contributed by atoms with Crippen molar-refractivity contribution in [2.24, 2.45) is 0 Å². The molecule has 4 aromatic heterocycles. The molecule has 0 atom stereocenters. The summed E-state index contributed by atoms with van der Waals surface area (Å²) in [5.41, 5.74) is 28.2. The first-order valence-electron chi connectivity index (χ1n) is 40.9. The van der Waals surface area contributed by atoms with Crippen LogP contribution in [0, 0.1) is 0 Å². The van der Waals surface area contributed by atoms with Crippen molar-refractivity contribution in [2.45, 2.75) is 0 Å². The minimum absolute atomic E-state index is 0.0985. The third kappa shape index (κ3) is 10.4. The minimum atomic E-state index is -0.294. The van der Waals surface area contributed by atoms with E-state index in [9.17, 15) is 0 Å². The Morgan fingerprint density at radius 3 is 1.07 bits per heavy atom. The maximum absolute atomic E-state index is 8.34. The van der Waals surface area contributed by atoms with E-state index in [-0.39, 0.29) is 71.4 Å². The Kier molecular flexibility index (Phi) is 15.7. The van der Waals surface area contributed by atoms with Gasteiger partial charge in [-0.05, 0) is 0 Å². The first-order valence-corrected chi connectivity index (χ1v) is 47.8. The standard InChI is InChI=1S/C108H65B2N5OSe4/c1-5-30-66(31-6-1)72-42-25-43-73(67-32-7-2-8-33-67)108(72)115-88-65-92-81(110-79-45-18-20-47-83(79)114(87-51-29-59-101-105(87)77-41-16-24-55-97(77)120-101)91-62-71(63-93(116-92)107(91)110)112(69-36-11-4-12-37-69)85-49-27-57-99-103(85)75-39-14-22-53-95(75)118-99)64-80(88)109-78-44-17-19-46-82(78)113(86-50-28-58-100-104(86)76-40-15-23-54-96(76)119-100)89-60-70(61-90(115)106(89)109)111(68-34-9-3-10-35-68)84-48-26-56-98-102(84)74-38-13-21-52-94(74)117-98/h1-65H. The third-order valence-electron chi connectivity index (χ3n) is 25.2. The van der Waals surface area contributed by atoms with E-state index in [1.165, 1.54) is 110 Å². The van der Waals surface area contributed by atoms with Gasteiger partial charge in [-0.25, -0.2) is 0 Å². The van der Waals surface area contributed by atoms with E-state index < -0.39 is 0 Å². The number of hydrogen-bond donors (Lipinski definition) is 0. The molecule has 120 heavy (non-hydrogen) atoms. The van der Waals surface area contributed by atoms with Crippen LogP contribution < -0.4 is 62.0 Å². The van der Waals surface area contributed by atoms with Crippen molar-refractivity contribution in [1.82, 2.24) is 0 Å².